The summed E-state index contributed by atoms with van der Waals surface area (Å²) in [4.78, 5) is 16.8. The maximum Gasteiger partial charge on any atom is 0.272 e. The van der Waals surface area contributed by atoms with Gasteiger partial charge in [-0.1, -0.05) is 37.6 Å². The van der Waals surface area contributed by atoms with Gasteiger partial charge < -0.3 is 5.32 Å². The van der Waals surface area contributed by atoms with Gasteiger partial charge in [0.2, 0.25) is 0 Å². The van der Waals surface area contributed by atoms with Crippen LogP contribution in [0.25, 0.3) is 5.65 Å². The zero-order chi connectivity index (χ0) is 18.0. The van der Waals surface area contributed by atoms with E-state index in [-0.39, 0.29) is 5.56 Å². The monoisotopic (exact) mass is 355 g/mol. The molecule has 0 saturated heterocycles. The van der Waals surface area contributed by atoms with E-state index in [4.69, 9.17) is 11.6 Å². The van der Waals surface area contributed by atoms with Gasteiger partial charge in [0.15, 0.2) is 5.65 Å². The van der Waals surface area contributed by atoms with E-state index in [0.717, 1.165) is 5.56 Å². The first-order chi connectivity index (χ1) is 12.0. The molecule has 0 amide bonds. The average Bonchev–Trinajstić information content (AvgIpc) is 2.92. The summed E-state index contributed by atoms with van der Waals surface area (Å²) in [6, 6.07) is 11.0. The number of nitriles is 1. The van der Waals surface area contributed by atoms with Crippen LogP contribution >= 0.6 is 11.6 Å². The number of H-pyrrole nitrogens is 1. The molecule has 2 N–H and O–H groups in total. The van der Waals surface area contributed by atoms with Crippen molar-refractivity contribution in [1.82, 2.24) is 14.6 Å². The van der Waals surface area contributed by atoms with Gasteiger partial charge in [-0.25, -0.2) is 4.98 Å². The number of hydrogen-bond acceptors (Lipinski definition) is 4. The Bertz CT molecular complexity index is 995. The summed E-state index contributed by atoms with van der Waals surface area (Å²) in [5.41, 5.74) is 2.16. The molecule has 0 aliphatic rings. The van der Waals surface area contributed by atoms with Gasteiger partial charge in [-0.05, 0) is 30.0 Å². The highest BCUT2D eigenvalue weighted by atomic mass is 35.5. The Morgan fingerprint density at radius 3 is 2.72 bits per heavy atom. The third kappa shape index (κ3) is 3.67. The molecule has 0 aliphatic carbocycles. The summed E-state index contributed by atoms with van der Waals surface area (Å²) in [6.45, 7) is 4.61. The highest BCUT2D eigenvalue weighted by Crippen LogP contribution is 2.19. The summed E-state index contributed by atoms with van der Waals surface area (Å²) in [7, 11) is 0. The summed E-state index contributed by atoms with van der Waals surface area (Å²) in [5, 5.41) is 16.3. The molecule has 128 valence electrons. The van der Waals surface area contributed by atoms with Gasteiger partial charge in [0.25, 0.3) is 5.56 Å². The zero-order valence-corrected chi connectivity index (χ0v) is 14.8. The topological polar surface area (TPSA) is 86.0 Å². The number of nitrogens with zero attached hydrogens (tertiary/aromatic N) is 3. The minimum atomic E-state index is -0.225. The molecular formula is C18H18ClN5O. The van der Waals surface area contributed by atoms with Gasteiger partial charge in [-0.2, -0.15) is 9.78 Å². The minimum absolute atomic E-state index is 0.225. The second-order valence-corrected chi connectivity index (χ2v) is 6.73. The molecule has 3 rings (SSSR count). The molecule has 2 heterocycles. The predicted octanol–water partition coefficient (Wildman–Crippen LogP) is 3.36. The lowest BCUT2D eigenvalue weighted by Crippen LogP contribution is -2.16. The van der Waals surface area contributed by atoms with E-state index in [2.05, 4.69) is 35.3 Å². The van der Waals surface area contributed by atoms with E-state index in [9.17, 15) is 10.1 Å². The number of hydrogen-bond donors (Lipinski definition) is 2. The molecule has 0 unspecified atom stereocenters. The number of fused-ring (bicyclic) bond motifs is 1. The molecular weight excluding hydrogens is 338 g/mol. The molecule has 0 spiro atoms. The van der Waals surface area contributed by atoms with Crippen LogP contribution in [0.2, 0.25) is 5.02 Å². The van der Waals surface area contributed by atoms with E-state index in [0.29, 0.717) is 46.6 Å². The standard InChI is InChI=1S/C18H18ClN5O/c1-11(2)7-14-8-16(25)24-18(22-14)15(9-20)17(23-24)21-10-12-3-5-13(19)6-4-12/h3-6,8,11,21,23H,7,10H2,1-2H3. The van der Waals surface area contributed by atoms with Crippen molar-refractivity contribution in [2.24, 2.45) is 5.92 Å². The van der Waals surface area contributed by atoms with Crippen LogP contribution in [0.3, 0.4) is 0 Å². The number of rotatable bonds is 5. The number of aromatic amines is 1. The predicted molar refractivity (Wildman–Crippen MR) is 97.8 cm³/mol. The van der Waals surface area contributed by atoms with Crippen molar-refractivity contribution in [2.45, 2.75) is 26.8 Å². The molecule has 0 fully saturated rings. The van der Waals surface area contributed by atoms with E-state index in [1.807, 2.05) is 12.1 Å². The van der Waals surface area contributed by atoms with Gasteiger partial charge in [-0.3, -0.25) is 9.89 Å². The second kappa shape index (κ2) is 6.99. The van der Waals surface area contributed by atoms with Crippen molar-refractivity contribution in [3.8, 4) is 6.07 Å². The fourth-order valence-corrected chi connectivity index (χ4v) is 2.76. The summed E-state index contributed by atoms with van der Waals surface area (Å²) < 4.78 is 1.30. The first-order valence-electron chi connectivity index (χ1n) is 8.01. The third-order valence-electron chi connectivity index (χ3n) is 3.78. The molecule has 2 aromatic heterocycles. The van der Waals surface area contributed by atoms with Crippen LogP contribution in [-0.4, -0.2) is 14.6 Å². The summed E-state index contributed by atoms with van der Waals surface area (Å²) in [5.74, 6) is 0.852. The Labute approximate surface area is 150 Å². The molecule has 0 bridgehead atoms. The van der Waals surface area contributed by atoms with E-state index in [1.165, 1.54) is 10.6 Å². The average molecular weight is 356 g/mol. The van der Waals surface area contributed by atoms with Crippen LogP contribution in [0.15, 0.2) is 35.1 Å². The van der Waals surface area contributed by atoms with Crippen LogP contribution in [0.4, 0.5) is 5.82 Å². The highest BCUT2D eigenvalue weighted by molar-refractivity contribution is 6.30. The quantitative estimate of drug-likeness (QED) is 0.734. The van der Waals surface area contributed by atoms with E-state index < -0.39 is 0 Å². The van der Waals surface area contributed by atoms with Crippen molar-refractivity contribution in [3.05, 3.63) is 62.5 Å². The fraction of sp³-hybridized carbons (Fsp3) is 0.278. The highest BCUT2D eigenvalue weighted by Gasteiger charge is 2.15. The molecule has 6 nitrogen and oxygen atoms in total. The van der Waals surface area contributed by atoms with Crippen molar-refractivity contribution >= 4 is 23.1 Å². The smallest absolute Gasteiger partial charge is 0.272 e. The van der Waals surface area contributed by atoms with E-state index in [1.54, 1.807) is 12.1 Å². The zero-order valence-electron chi connectivity index (χ0n) is 14.0. The van der Waals surface area contributed by atoms with Crippen LogP contribution in [0, 0.1) is 17.2 Å². The molecule has 0 aliphatic heterocycles. The van der Waals surface area contributed by atoms with Crippen molar-refractivity contribution in [3.63, 3.8) is 0 Å². The first-order valence-corrected chi connectivity index (χ1v) is 8.39. The Balaban J connectivity index is 1.95. The molecule has 1 aromatic carbocycles. The Morgan fingerprint density at radius 1 is 1.36 bits per heavy atom. The molecule has 7 heteroatoms. The minimum Gasteiger partial charge on any atom is -0.365 e. The van der Waals surface area contributed by atoms with Crippen molar-refractivity contribution in [1.29, 1.82) is 5.26 Å². The second-order valence-electron chi connectivity index (χ2n) is 6.30. The Morgan fingerprint density at radius 2 is 2.08 bits per heavy atom. The fourth-order valence-electron chi connectivity index (χ4n) is 2.63. The van der Waals surface area contributed by atoms with Crippen LogP contribution < -0.4 is 10.9 Å². The largest absolute Gasteiger partial charge is 0.365 e. The van der Waals surface area contributed by atoms with E-state index >= 15 is 0 Å². The number of halogens is 1. The maximum atomic E-state index is 12.3. The normalized spacial score (nSPS) is 11.0. The molecule has 25 heavy (non-hydrogen) atoms. The van der Waals surface area contributed by atoms with Gasteiger partial charge >= 0.3 is 0 Å². The van der Waals surface area contributed by atoms with Crippen LogP contribution in [0.5, 0.6) is 0 Å². The number of aromatic nitrogens is 3. The van der Waals surface area contributed by atoms with Gasteiger partial charge in [0, 0.05) is 23.3 Å². The molecule has 0 saturated carbocycles. The Hall–Kier alpha value is -2.78. The molecule has 3 aromatic rings. The summed E-state index contributed by atoms with van der Waals surface area (Å²) in [6.07, 6.45) is 0.690. The Kier molecular flexibility index (Phi) is 4.77. The molecule has 0 atom stereocenters. The number of benzene rings is 1. The lowest BCUT2D eigenvalue weighted by atomic mass is 10.1. The maximum absolute atomic E-state index is 12.3. The third-order valence-corrected chi connectivity index (χ3v) is 4.03. The van der Waals surface area contributed by atoms with Crippen molar-refractivity contribution in [2.75, 3.05) is 5.32 Å². The number of anilines is 1. The SMILES string of the molecule is CC(C)Cc1cc(=O)n2[nH]c(NCc3ccc(Cl)cc3)c(C#N)c2n1. The van der Waals surface area contributed by atoms with Crippen molar-refractivity contribution < 1.29 is 0 Å². The molecule has 0 radical (unpaired) electrons. The van der Waals surface area contributed by atoms with Gasteiger partial charge in [0.1, 0.15) is 17.5 Å². The number of nitrogens with one attached hydrogen (secondary N) is 2. The van der Waals surface area contributed by atoms with Gasteiger partial charge in [-0.15, -0.1) is 0 Å². The van der Waals surface area contributed by atoms with Crippen LogP contribution in [-0.2, 0) is 13.0 Å². The summed E-state index contributed by atoms with van der Waals surface area (Å²) >= 11 is 5.88. The van der Waals surface area contributed by atoms with Gasteiger partial charge in [0.05, 0.1) is 0 Å². The first kappa shape index (κ1) is 17.1. The van der Waals surface area contributed by atoms with Crippen LogP contribution in [0.1, 0.15) is 30.7 Å². The lowest BCUT2D eigenvalue weighted by molar-refractivity contribution is 0.633. The lowest BCUT2D eigenvalue weighted by Gasteiger charge is -2.04.